The van der Waals surface area contributed by atoms with Gasteiger partial charge in [0.05, 0.1) is 0 Å². The summed E-state index contributed by atoms with van der Waals surface area (Å²) in [6, 6.07) is 0. The molecule has 0 heterocycles. The lowest BCUT2D eigenvalue weighted by Crippen LogP contribution is -2.18. The van der Waals surface area contributed by atoms with E-state index < -0.39 is 6.67 Å². The van der Waals surface area contributed by atoms with E-state index in [-0.39, 0.29) is 6.10 Å². The number of nitrogens with two attached hydrogens (primary N) is 1. The first kappa shape index (κ1) is 17.2. The van der Waals surface area contributed by atoms with Gasteiger partial charge >= 0.3 is 0 Å². The number of halogens is 1. The maximum Gasteiger partial charge on any atom is 0.119 e. The first-order valence-electron chi connectivity index (χ1n) is 6.17. The van der Waals surface area contributed by atoms with Crippen molar-refractivity contribution in [1.29, 1.82) is 0 Å². The largest absolute Gasteiger partial charge is 0.487 e. The average molecular weight is 266 g/mol. The Bertz CT molecular complexity index is 382. The smallest absolute Gasteiger partial charge is 0.119 e. The molecule has 0 aliphatic heterocycles. The third-order valence-corrected chi connectivity index (χ3v) is 2.10. The molecule has 0 rings (SSSR count). The predicted octanol–water partition coefficient (Wildman–Crippen LogP) is 3.30. The zero-order valence-corrected chi connectivity index (χ0v) is 11.8. The van der Waals surface area contributed by atoms with E-state index in [1.165, 1.54) is 6.08 Å². The summed E-state index contributed by atoms with van der Waals surface area (Å²) in [4.78, 5) is 0. The van der Waals surface area contributed by atoms with Gasteiger partial charge in [-0.25, -0.2) is 4.39 Å². The van der Waals surface area contributed by atoms with Crippen molar-refractivity contribution in [2.75, 3.05) is 6.67 Å². The quantitative estimate of drug-likeness (QED) is 0.307. The highest BCUT2D eigenvalue weighted by atomic mass is 19.1. The lowest BCUT2D eigenvalue weighted by atomic mass is 10.3. The van der Waals surface area contributed by atoms with Gasteiger partial charge in [0, 0.05) is 5.70 Å². The fourth-order valence-electron chi connectivity index (χ4n) is 1.16. The fraction of sp³-hybridized carbons (Fsp3) is 0.333. The number of rotatable bonds is 8. The fourth-order valence-corrected chi connectivity index (χ4v) is 1.16. The number of ether oxygens (including phenoxy) is 1. The highest BCUT2D eigenvalue weighted by Gasteiger charge is 1.98. The first-order chi connectivity index (χ1) is 9.13. The van der Waals surface area contributed by atoms with Crippen LogP contribution in [0.4, 0.5) is 4.39 Å². The second-order valence-electron chi connectivity index (χ2n) is 3.85. The van der Waals surface area contributed by atoms with Crippen LogP contribution >= 0.6 is 0 Å². The van der Waals surface area contributed by atoms with Crippen LogP contribution in [0, 0.1) is 0 Å². The number of hydrazine groups is 1. The minimum Gasteiger partial charge on any atom is -0.487 e. The summed E-state index contributed by atoms with van der Waals surface area (Å²) in [5.74, 6) is 6.00. The normalized spacial score (nSPS) is 15.6. The van der Waals surface area contributed by atoms with Gasteiger partial charge in [-0.3, -0.25) is 5.84 Å². The second-order valence-corrected chi connectivity index (χ2v) is 3.85. The lowest BCUT2D eigenvalue weighted by molar-refractivity contribution is 0.181. The molecule has 0 saturated carbocycles. The molecule has 0 aromatic carbocycles. The van der Waals surface area contributed by atoms with Crippen LogP contribution in [0.3, 0.4) is 0 Å². The Balaban J connectivity index is 4.58. The van der Waals surface area contributed by atoms with Gasteiger partial charge in [-0.2, -0.15) is 0 Å². The number of alkyl halides is 1. The average Bonchev–Trinajstić information content (AvgIpc) is 2.40. The van der Waals surface area contributed by atoms with Crippen molar-refractivity contribution < 1.29 is 9.13 Å². The van der Waals surface area contributed by atoms with Gasteiger partial charge in [0.25, 0.3) is 0 Å². The van der Waals surface area contributed by atoms with Gasteiger partial charge < -0.3 is 10.2 Å². The molecule has 3 nitrogen and oxygen atoms in total. The summed E-state index contributed by atoms with van der Waals surface area (Å²) in [7, 11) is 0. The van der Waals surface area contributed by atoms with E-state index in [4.69, 9.17) is 10.6 Å². The molecule has 0 aliphatic carbocycles. The molecule has 3 N–H and O–H groups in total. The minimum absolute atomic E-state index is 0.105. The van der Waals surface area contributed by atoms with Crippen molar-refractivity contribution in [3.8, 4) is 0 Å². The van der Waals surface area contributed by atoms with Crippen LogP contribution in [-0.4, -0.2) is 12.8 Å². The molecule has 4 heteroatoms. The summed E-state index contributed by atoms with van der Waals surface area (Å²) in [6.07, 6.45) is 14.0. The molecular formula is C15H23FN2O. The van der Waals surface area contributed by atoms with Gasteiger partial charge in [-0.1, -0.05) is 24.3 Å². The molecule has 0 aromatic heterocycles. The lowest BCUT2D eigenvalue weighted by Gasteiger charge is -2.11. The summed E-state index contributed by atoms with van der Waals surface area (Å²) < 4.78 is 17.6. The van der Waals surface area contributed by atoms with Crippen LogP contribution in [0.2, 0.25) is 0 Å². The summed E-state index contributed by atoms with van der Waals surface area (Å²) in [5.41, 5.74) is 3.38. The highest BCUT2D eigenvalue weighted by molar-refractivity contribution is 5.20. The monoisotopic (exact) mass is 266 g/mol. The Labute approximate surface area is 115 Å². The maximum absolute atomic E-state index is 11.8. The van der Waals surface area contributed by atoms with Gasteiger partial charge in [-0.05, 0) is 45.1 Å². The van der Waals surface area contributed by atoms with E-state index >= 15 is 0 Å². The zero-order valence-electron chi connectivity index (χ0n) is 11.8. The highest BCUT2D eigenvalue weighted by Crippen LogP contribution is 2.07. The van der Waals surface area contributed by atoms with Crippen LogP contribution in [0.5, 0.6) is 0 Å². The maximum atomic E-state index is 11.8. The van der Waals surface area contributed by atoms with Crippen molar-refractivity contribution in [3.05, 3.63) is 60.1 Å². The van der Waals surface area contributed by atoms with E-state index in [9.17, 15) is 4.39 Å². The molecule has 0 fully saturated rings. The predicted molar refractivity (Wildman–Crippen MR) is 78.8 cm³/mol. The molecule has 0 bridgehead atoms. The van der Waals surface area contributed by atoms with E-state index in [1.54, 1.807) is 12.2 Å². The van der Waals surface area contributed by atoms with E-state index in [0.717, 1.165) is 11.5 Å². The molecule has 106 valence electrons. The molecule has 0 aromatic rings. The number of nitrogens with one attached hydrogen (secondary N) is 1. The second kappa shape index (κ2) is 11.3. The molecule has 0 spiro atoms. The Hall–Kier alpha value is -1.81. The molecular weight excluding hydrogens is 243 g/mol. The third kappa shape index (κ3) is 9.85. The Morgan fingerprint density at radius 3 is 2.68 bits per heavy atom. The van der Waals surface area contributed by atoms with Crippen LogP contribution < -0.4 is 11.3 Å². The summed E-state index contributed by atoms with van der Waals surface area (Å²) in [6.45, 7) is 5.22. The molecule has 19 heavy (non-hydrogen) atoms. The number of hydrogen-bond donors (Lipinski definition) is 2. The van der Waals surface area contributed by atoms with Crippen molar-refractivity contribution in [1.82, 2.24) is 5.43 Å². The summed E-state index contributed by atoms with van der Waals surface area (Å²) in [5, 5.41) is 0. The van der Waals surface area contributed by atoms with Crippen molar-refractivity contribution >= 4 is 0 Å². The van der Waals surface area contributed by atoms with Crippen molar-refractivity contribution in [2.24, 2.45) is 5.84 Å². The molecule has 1 unspecified atom stereocenters. The Kier molecular flexibility index (Phi) is 10.2. The van der Waals surface area contributed by atoms with Crippen LogP contribution in [0.1, 0.15) is 20.8 Å². The van der Waals surface area contributed by atoms with E-state index in [1.807, 2.05) is 51.2 Å². The van der Waals surface area contributed by atoms with E-state index in [0.29, 0.717) is 0 Å². The molecule has 0 saturated heterocycles. The standard InChI is InChI=1S/C15H23FN2O/c1-4-8-15(11-10-13(2)18-17)19-14(3)9-6-5-7-12-16/h4-11,14,18H,12,17H2,1-3H3/b7-5-,8-4+,9-6-,13-10+,15-11+. The molecule has 0 amide bonds. The van der Waals surface area contributed by atoms with Gasteiger partial charge in [0.1, 0.15) is 18.5 Å². The minimum atomic E-state index is -0.459. The van der Waals surface area contributed by atoms with E-state index in [2.05, 4.69) is 5.43 Å². The van der Waals surface area contributed by atoms with Gasteiger partial charge in [0.2, 0.25) is 0 Å². The van der Waals surface area contributed by atoms with Crippen LogP contribution in [0.25, 0.3) is 0 Å². The SMILES string of the molecule is C/C=C/C(=C\C=C(/C)NN)OC(C)/C=C\C=C/CF. The van der Waals surface area contributed by atoms with Crippen LogP contribution in [-0.2, 0) is 4.74 Å². The van der Waals surface area contributed by atoms with Crippen molar-refractivity contribution in [2.45, 2.75) is 26.9 Å². The summed E-state index contributed by atoms with van der Waals surface area (Å²) >= 11 is 0. The van der Waals surface area contributed by atoms with Crippen LogP contribution in [0.15, 0.2) is 60.1 Å². The Morgan fingerprint density at radius 1 is 1.37 bits per heavy atom. The van der Waals surface area contributed by atoms with Gasteiger partial charge in [-0.15, -0.1) is 0 Å². The molecule has 0 radical (unpaired) electrons. The zero-order chi connectivity index (χ0) is 14.5. The molecule has 1 atom stereocenters. The number of allylic oxidation sites excluding steroid dienone is 8. The van der Waals surface area contributed by atoms with Gasteiger partial charge in [0.15, 0.2) is 0 Å². The molecule has 0 aliphatic rings. The first-order valence-corrected chi connectivity index (χ1v) is 6.17. The topological polar surface area (TPSA) is 47.3 Å². The third-order valence-electron chi connectivity index (χ3n) is 2.10. The number of hydrogen-bond acceptors (Lipinski definition) is 3. The Morgan fingerprint density at radius 2 is 2.11 bits per heavy atom. The van der Waals surface area contributed by atoms with Crippen molar-refractivity contribution in [3.63, 3.8) is 0 Å².